The Bertz CT molecular complexity index is 1260. The molecule has 0 bridgehead atoms. The van der Waals surface area contributed by atoms with Crippen LogP contribution in [0.1, 0.15) is 11.1 Å². The normalized spacial score (nSPS) is 15.5. The molecule has 0 aliphatic carbocycles. The second kappa shape index (κ2) is 8.53. The topological polar surface area (TPSA) is 45.9 Å². The molecule has 158 valence electrons. The van der Waals surface area contributed by atoms with Crippen molar-refractivity contribution in [1.29, 1.82) is 0 Å². The molecule has 0 N–H and O–H groups in total. The molecule has 1 saturated heterocycles. The van der Waals surface area contributed by atoms with Crippen LogP contribution in [-0.4, -0.2) is 43.1 Å². The first-order chi connectivity index (χ1) is 15.2. The Labute approximate surface area is 181 Å². The quantitative estimate of drug-likeness (QED) is 0.457. The summed E-state index contributed by atoms with van der Waals surface area (Å²) >= 11 is 0. The van der Waals surface area contributed by atoms with E-state index in [2.05, 4.69) is 46.2 Å². The van der Waals surface area contributed by atoms with Crippen LogP contribution in [0.25, 0.3) is 21.9 Å². The predicted molar refractivity (Wildman–Crippen MR) is 124 cm³/mol. The number of benzene rings is 3. The lowest BCUT2D eigenvalue weighted by molar-refractivity contribution is 0.122. The van der Waals surface area contributed by atoms with Gasteiger partial charge < -0.3 is 9.15 Å². The lowest BCUT2D eigenvalue weighted by Crippen LogP contribution is -2.45. The van der Waals surface area contributed by atoms with E-state index < -0.39 is 0 Å². The molecule has 31 heavy (non-hydrogen) atoms. The molecule has 0 radical (unpaired) electrons. The van der Waals surface area contributed by atoms with Crippen molar-refractivity contribution < 1.29 is 9.15 Å². The number of rotatable bonds is 5. The number of ether oxygens (including phenoxy) is 1. The minimum Gasteiger partial charge on any atom is -0.497 e. The van der Waals surface area contributed by atoms with Gasteiger partial charge in [-0.1, -0.05) is 42.5 Å². The van der Waals surface area contributed by atoms with Crippen LogP contribution in [0.4, 0.5) is 0 Å². The zero-order valence-electron chi connectivity index (χ0n) is 17.7. The number of nitrogens with zero attached hydrogens (tertiary/aromatic N) is 2. The second-order valence-corrected chi connectivity index (χ2v) is 8.12. The number of fused-ring (bicyclic) bond motifs is 2. The van der Waals surface area contributed by atoms with E-state index >= 15 is 0 Å². The van der Waals surface area contributed by atoms with Gasteiger partial charge in [-0.3, -0.25) is 14.6 Å². The minimum atomic E-state index is 0.00781. The highest BCUT2D eigenvalue weighted by Gasteiger charge is 2.19. The molecular formula is C26H26N2O3. The first-order valence-electron chi connectivity index (χ1n) is 10.7. The molecule has 4 aromatic rings. The Hall–Kier alpha value is -3.15. The van der Waals surface area contributed by atoms with Crippen LogP contribution in [0.15, 0.2) is 75.9 Å². The van der Waals surface area contributed by atoms with Crippen LogP contribution >= 0.6 is 0 Å². The predicted octanol–water partition coefficient (Wildman–Crippen LogP) is 4.27. The van der Waals surface area contributed by atoms with Gasteiger partial charge in [0.2, 0.25) is 5.43 Å². The number of hydrogen-bond acceptors (Lipinski definition) is 5. The van der Waals surface area contributed by atoms with E-state index in [9.17, 15) is 4.79 Å². The smallest absolute Gasteiger partial charge is 0.200 e. The Morgan fingerprint density at radius 3 is 2.32 bits per heavy atom. The minimum absolute atomic E-state index is 0.00781. The highest BCUT2D eigenvalue weighted by Crippen LogP contribution is 2.26. The number of methoxy groups -OCH3 is 1. The Morgan fingerprint density at radius 2 is 1.58 bits per heavy atom. The van der Waals surface area contributed by atoms with E-state index in [0.717, 1.165) is 44.8 Å². The fraction of sp³-hybridized carbons (Fsp3) is 0.269. The fourth-order valence-corrected chi connectivity index (χ4v) is 4.35. The van der Waals surface area contributed by atoms with Crippen molar-refractivity contribution in [1.82, 2.24) is 9.80 Å². The average Bonchev–Trinajstić information content (AvgIpc) is 2.81. The molecule has 0 amide bonds. The van der Waals surface area contributed by atoms with Gasteiger partial charge in [0.25, 0.3) is 0 Å². The lowest BCUT2D eigenvalue weighted by Gasteiger charge is -2.34. The highest BCUT2D eigenvalue weighted by atomic mass is 16.5. The van der Waals surface area contributed by atoms with Gasteiger partial charge >= 0.3 is 0 Å². The number of piperazine rings is 1. The van der Waals surface area contributed by atoms with Gasteiger partial charge in [0.1, 0.15) is 16.9 Å². The van der Waals surface area contributed by atoms with Crippen molar-refractivity contribution in [3.8, 4) is 5.75 Å². The standard InChI is InChI=1S/C26H26N2O3/c1-30-21-10-11-22-24(16-21)31-26-20(8-5-9-23(26)25(22)29)18-28-14-12-27(13-15-28)17-19-6-3-2-4-7-19/h2-11,16H,12-15,17-18H2,1H3. The van der Waals surface area contributed by atoms with E-state index in [4.69, 9.17) is 9.15 Å². The van der Waals surface area contributed by atoms with Crippen molar-refractivity contribution in [3.63, 3.8) is 0 Å². The van der Waals surface area contributed by atoms with Crippen LogP contribution in [-0.2, 0) is 13.1 Å². The zero-order chi connectivity index (χ0) is 21.2. The van der Waals surface area contributed by atoms with E-state index in [0.29, 0.717) is 27.7 Å². The number of para-hydroxylation sites is 1. The van der Waals surface area contributed by atoms with E-state index in [1.165, 1.54) is 5.56 Å². The van der Waals surface area contributed by atoms with Gasteiger partial charge in [0, 0.05) is 50.9 Å². The monoisotopic (exact) mass is 414 g/mol. The third-order valence-electron chi connectivity index (χ3n) is 6.09. The molecule has 0 spiro atoms. The molecule has 2 heterocycles. The Kier molecular flexibility index (Phi) is 5.45. The summed E-state index contributed by atoms with van der Waals surface area (Å²) in [4.78, 5) is 18.0. The van der Waals surface area contributed by atoms with Crippen LogP contribution in [0.2, 0.25) is 0 Å². The van der Waals surface area contributed by atoms with Gasteiger partial charge in [-0.25, -0.2) is 0 Å². The molecule has 1 fully saturated rings. The van der Waals surface area contributed by atoms with Crippen molar-refractivity contribution in [3.05, 3.63) is 88.1 Å². The largest absolute Gasteiger partial charge is 0.497 e. The van der Waals surface area contributed by atoms with Gasteiger partial charge in [-0.15, -0.1) is 0 Å². The van der Waals surface area contributed by atoms with Crippen molar-refractivity contribution in [2.24, 2.45) is 0 Å². The van der Waals surface area contributed by atoms with Crippen molar-refractivity contribution in [2.45, 2.75) is 13.1 Å². The van der Waals surface area contributed by atoms with Crippen molar-refractivity contribution >= 4 is 21.9 Å². The molecule has 1 aliphatic rings. The third-order valence-corrected chi connectivity index (χ3v) is 6.09. The lowest BCUT2D eigenvalue weighted by atomic mass is 10.1. The third kappa shape index (κ3) is 4.07. The molecule has 0 atom stereocenters. The van der Waals surface area contributed by atoms with Crippen LogP contribution < -0.4 is 10.2 Å². The maximum absolute atomic E-state index is 13.0. The summed E-state index contributed by atoms with van der Waals surface area (Å²) in [5.41, 5.74) is 3.66. The molecular weight excluding hydrogens is 388 g/mol. The van der Waals surface area contributed by atoms with Crippen LogP contribution in [0.5, 0.6) is 5.75 Å². The van der Waals surface area contributed by atoms with E-state index in [-0.39, 0.29) is 5.43 Å². The maximum atomic E-state index is 13.0. The zero-order valence-corrected chi connectivity index (χ0v) is 17.7. The summed E-state index contributed by atoms with van der Waals surface area (Å²) < 4.78 is 11.5. The molecule has 3 aromatic carbocycles. The van der Waals surface area contributed by atoms with Gasteiger partial charge in [0.05, 0.1) is 17.9 Å². The van der Waals surface area contributed by atoms with Crippen LogP contribution in [0, 0.1) is 0 Å². The molecule has 5 nitrogen and oxygen atoms in total. The van der Waals surface area contributed by atoms with Gasteiger partial charge in [0.15, 0.2) is 0 Å². The fourth-order valence-electron chi connectivity index (χ4n) is 4.35. The Balaban J connectivity index is 1.36. The summed E-state index contributed by atoms with van der Waals surface area (Å²) in [5.74, 6) is 0.682. The summed E-state index contributed by atoms with van der Waals surface area (Å²) in [6, 6.07) is 21.8. The van der Waals surface area contributed by atoms with E-state index in [1.807, 2.05) is 12.1 Å². The summed E-state index contributed by atoms with van der Waals surface area (Å²) in [5, 5.41) is 1.22. The van der Waals surface area contributed by atoms with E-state index in [1.54, 1.807) is 25.3 Å². The molecule has 5 rings (SSSR count). The molecule has 0 unspecified atom stereocenters. The molecule has 0 saturated carbocycles. The summed E-state index contributed by atoms with van der Waals surface area (Å²) in [7, 11) is 1.61. The number of hydrogen-bond donors (Lipinski definition) is 0. The van der Waals surface area contributed by atoms with Crippen LogP contribution in [0.3, 0.4) is 0 Å². The van der Waals surface area contributed by atoms with Gasteiger partial charge in [-0.2, -0.15) is 0 Å². The first kappa shape index (κ1) is 19.8. The van der Waals surface area contributed by atoms with Gasteiger partial charge in [-0.05, 0) is 23.8 Å². The highest BCUT2D eigenvalue weighted by molar-refractivity contribution is 5.91. The summed E-state index contributed by atoms with van der Waals surface area (Å²) in [6.07, 6.45) is 0. The SMILES string of the molecule is COc1ccc2c(=O)c3cccc(CN4CCN(Cc5ccccc5)CC4)c3oc2c1. The second-order valence-electron chi connectivity index (χ2n) is 8.12. The summed E-state index contributed by atoms with van der Waals surface area (Å²) in [6.45, 7) is 5.82. The van der Waals surface area contributed by atoms with Crippen molar-refractivity contribution in [2.75, 3.05) is 33.3 Å². The molecule has 1 aliphatic heterocycles. The molecule has 1 aromatic heterocycles. The average molecular weight is 415 g/mol. The molecule has 5 heteroatoms. The Morgan fingerprint density at radius 1 is 0.839 bits per heavy atom. The maximum Gasteiger partial charge on any atom is 0.200 e. The first-order valence-corrected chi connectivity index (χ1v) is 10.7.